The van der Waals surface area contributed by atoms with E-state index in [2.05, 4.69) is 16.0 Å². The van der Waals surface area contributed by atoms with Gasteiger partial charge in [0.05, 0.1) is 5.02 Å². The van der Waals surface area contributed by atoms with Crippen molar-refractivity contribution in [3.8, 4) is 0 Å². The van der Waals surface area contributed by atoms with Gasteiger partial charge in [0.1, 0.15) is 0 Å². The number of carbonyl (C=O) groups excluding carboxylic acids is 1. The highest BCUT2D eigenvalue weighted by molar-refractivity contribution is 6.31. The maximum atomic E-state index is 12.0. The number of piperidine rings is 1. The summed E-state index contributed by atoms with van der Waals surface area (Å²) < 4.78 is 0. The molecule has 0 aliphatic carbocycles. The lowest BCUT2D eigenvalue weighted by Crippen LogP contribution is -2.40. The molecule has 2 aromatic rings. The second-order valence-corrected chi connectivity index (χ2v) is 6.63. The highest BCUT2D eigenvalue weighted by Gasteiger charge is 2.25. The summed E-state index contributed by atoms with van der Waals surface area (Å²) in [5.41, 5.74) is 1.81. The second-order valence-electron chi connectivity index (χ2n) is 6.19. The largest absolute Gasteiger partial charge is 0.342 e. The van der Waals surface area contributed by atoms with Crippen LogP contribution in [0.1, 0.15) is 38.3 Å². The highest BCUT2D eigenvalue weighted by Crippen LogP contribution is 2.28. The lowest BCUT2D eigenvalue weighted by atomic mass is 9.92. The maximum Gasteiger partial charge on any atom is 0.225 e. The zero-order valence-corrected chi connectivity index (χ0v) is 13.7. The number of hydrogen-bond acceptors (Lipinski definition) is 3. The number of amides is 1. The molecule has 5 heteroatoms. The Morgan fingerprint density at radius 3 is 2.73 bits per heavy atom. The molecule has 4 nitrogen and oxygen atoms in total. The summed E-state index contributed by atoms with van der Waals surface area (Å²) >= 11 is 5.95. The summed E-state index contributed by atoms with van der Waals surface area (Å²) in [4.78, 5) is 23.0. The van der Waals surface area contributed by atoms with Crippen LogP contribution in [0.3, 0.4) is 0 Å². The van der Waals surface area contributed by atoms with Gasteiger partial charge < -0.3 is 4.90 Å². The average Bonchev–Trinajstić information content (AvgIpc) is 2.53. The Morgan fingerprint density at radius 2 is 2.05 bits per heavy atom. The molecule has 0 spiro atoms. The number of rotatable bonds is 2. The lowest BCUT2D eigenvalue weighted by Gasteiger charge is -2.32. The van der Waals surface area contributed by atoms with E-state index in [4.69, 9.17) is 11.6 Å². The number of pyridine rings is 2. The molecule has 2 aromatic heterocycles. The van der Waals surface area contributed by atoms with Crippen molar-refractivity contribution in [1.29, 1.82) is 0 Å². The molecule has 1 aliphatic heterocycles. The van der Waals surface area contributed by atoms with Crippen LogP contribution < -0.4 is 0 Å². The third-order valence-electron chi connectivity index (χ3n) is 4.25. The Kier molecular flexibility index (Phi) is 4.30. The van der Waals surface area contributed by atoms with E-state index in [9.17, 15) is 4.79 Å². The SMILES string of the molecule is CC(C)C(=O)N1CCC(c2ccc3cc(Cl)cnc3n2)CC1. The van der Waals surface area contributed by atoms with Gasteiger partial charge in [-0.2, -0.15) is 0 Å². The molecule has 1 saturated heterocycles. The molecule has 0 N–H and O–H groups in total. The van der Waals surface area contributed by atoms with Gasteiger partial charge in [-0.05, 0) is 31.0 Å². The second kappa shape index (κ2) is 6.21. The molecule has 0 bridgehead atoms. The van der Waals surface area contributed by atoms with Crippen LogP contribution in [0.2, 0.25) is 5.02 Å². The number of hydrogen-bond donors (Lipinski definition) is 0. The quantitative estimate of drug-likeness (QED) is 0.849. The fourth-order valence-electron chi connectivity index (χ4n) is 2.99. The molecule has 0 saturated carbocycles. The molecule has 1 amide bonds. The summed E-state index contributed by atoms with van der Waals surface area (Å²) in [6, 6.07) is 5.97. The first kappa shape index (κ1) is 15.2. The number of likely N-dealkylation sites (tertiary alicyclic amines) is 1. The molecule has 22 heavy (non-hydrogen) atoms. The average molecular weight is 318 g/mol. The molecule has 1 fully saturated rings. The monoisotopic (exact) mass is 317 g/mol. The Balaban J connectivity index is 1.73. The Morgan fingerprint density at radius 1 is 1.32 bits per heavy atom. The van der Waals surface area contributed by atoms with E-state index in [1.807, 2.05) is 30.9 Å². The van der Waals surface area contributed by atoms with Gasteiger partial charge in [0.2, 0.25) is 5.91 Å². The first-order valence-corrected chi connectivity index (χ1v) is 8.13. The van der Waals surface area contributed by atoms with E-state index in [1.165, 1.54) is 0 Å². The van der Waals surface area contributed by atoms with Gasteiger partial charge in [0.15, 0.2) is 5.65 Å². The fourth-order valence-corrected chi connectivity index (χ4v) is 3.15. The third kappa shape index (κ3) is 3.07. The number of fused-ring (bicyclic) bond motifs is 1. The van der Waals surface area contributed by atoms with Gasteiger partial charge in [0.25, 0.3) is 0 Å². The van der Waals surface area contributed by atoms with Gasteiger partial charge >= 0.3 is 0 Å². The number of aromatic nitrogens is 2. The van der Waals surface area contributed by atoms with E-state index in [1.54, 1.807) is 6.20 Å². The van der Waals surface area contributed by atoms with Gasteiger partial charge in [-0.15, -0.1) is 0 Å². The van der Waals surface area contributed by atoms with Crippen molar-refractivity contribution in [2.24, 2.45) is 5.92 Å². The first-order chi connectivity index (χ1) is 10.5. The smallest absolute Gasteiger partial charge is 0.225 e. The van der Waals surface area contributed by atoms with Crippen molar-refractivity contribution in [1.82, 2.24) is 14.9 Å². The minimum atomic E-state index is 0.0734. The van der Waals surface area contributed by atoms with Crippen LogP contribution >= 0.6 is 11.6 Å². The standard InChI is InChI=1S/C17H20ClN3O/c1-11(2)17(22)21-7-5-12(6-8-21)15-4-3-13-9-14(18)10-19-16(13)20-15/h3-4,9-12H,5-8H2,1-2H3. The van der Waals surface area contributed by atoms with E-state index in [-0.39, 0.29) is 11.8 Å². The van der Waals surface area contributed by atoms with Gasteiger partial charge in [-0.25, -0.2) is 9.97 Å². The van der Waals surface area contributed by atoms with E-state index in [0.717, 1.165) is 42.7 Å². The Bertz CT molecular complexity index is 693. The Hall–Kier alpha value is -1.68. The van der Waals surface area contributed by atoms with E-state index >= 15 is 0 Å². The molecule has 0 aromatic carbocycles. The van der Waals surface area contributed by atoms with E-state index in [0.29, 0.717) is 10.9 Å². The minimum Gasteiger partial charge on any atom is -0.342 e. The summed E-state index contributed by atoms with van der Waals surface area (Å²) in [5, 5.41) is 1.59. The summed E-state index contributed by atoms with van der Waals surface area (Å²) in [6.45, 7) is 5.54. The lowest BCUT2D eigenvalue weighted by molar-refractivity contribution is -0.135. The fraction of sp³-hybridized carbons (Fsp3) is 0.471. The molecular weight excluding hydrogens is 298 g/mol. The topological polar surface area (TPSA) is 46.1 Å². The number of halogens is 1. The van der Waals surface area contributed by atoms with Crippen LogP contribution in [0.5, 0.6) is 0 Å². The molecule has 116 valence electrons. The Labute approximate surface area is 135 Å². The van der Waals surface area contributed by atoms with Crippen molar-refractivity contribution in [3.63, 3.8) is 0 Å². The normalized spacial score (nSPS) is 16.5. The summed E-state index contributed by atoms with van der Waals surface area (Å²) in [7, 11) is 0. The van der Waals surface area contributed by atoms with Gasteiger partial charge in [0, 0.05) is 42.2 Å². The molecule has 0 radical (unpaired) electrons. The highest BCUT2D eigenvalue weighted by atomic mass is 35.5. The predicted octanol–water partition coefficient (Wildman–Crippen LogP) is 3.65. The van der Waals surface area contributed by atoms with Gasteiger partial charge in [-0.1, -0.05) is 25.4 Å². The molecule has 0 atom stereocenters. The third-order valence-corrected chi connectivity index (χ3v) is 4.46. The molecule has 1 aliphatic rings. The van der Waals surface area contributed by atoms with Crippen LogP contribution in [0, 0.1) is 5.92 Å². The van der Waals surface area contributed by atoms with Crippen molar-refractivity contribution < 1.29 is 4.79 Å². The predicted molar refractivity (Wildman–Crippen MR) is 87.9 cm³/mol. The van der Waals surface area contributed by atoms with Crippen molar-refractivity contribution in [2.75, 3.05) is 13.1 Å². The molecule has 3 rings (SSSR count). The minimum absolute atomic E-state index is 0.0734. The summed E-state index contributed by atoms with van der Waals surface area (Å²) in [5.74, 6) is 0.726. The molecule has 0 unspecified atom stereocenters. The van der Waals surface area contributed by atoms with Crippen LogP contribution in [0.4, 0.5) is 0 Å². The zero-order valence-electron chi connectivity index (χ0n) is 12.9. The van der Waals surface area contributed by atoms with Crippen LogP contribution in [0.25, 0.3) is 11.0 Å². The maximum absolute atomic E-state index is 12.0. The zero-order chi connectivity index (χ0) is 15.7. The molecular formula is C17H20ClN3O. The number of carbonyl (C=O) groups is 1. The number of nitrogens with zero attached hydrogens (tertiary/aromatic N) is 3. The van der Waals surface area contributed by atoms with Crippen molar-refractivity contribution >= 4 is 28.5 Å². The molecule has 3 heterocycles. The van der Waals surface area contributed by atoms with Crippen LogP contribution in [-0.4, -0.2) is 33.9 Å². The van der Waals surface area contributed by atoms with Crippen molar-refractivity contribution in [3.05, 3.63) is 35.1 Å². The summed E-state index contributed by atoms with van der Waals surface area (Å²) in [6.07, 6.45) is 3.56. The van der Waals surface area contributed by atoms with Crippen LogP contribution in [-0.2, 0) is 4.79 Å². The van der Waals surface area contributed by atoms with Crippen LogP contribution in [0.15, 0.2) is 24.4 Å². The first-order valence-electron chi connectivity index (χ1n) is 7.75. The van der Waals surface area contributed by atoms with Gasteiger partial charge in [-0.3, -0.25) is 4.79 Å². The van der Waals surface area contributed by atoms with E-state index < -0.39 is 0 Å². The van der Waals surface area contributed by atoms with Crippen molar-refractivity contribution in [2.45, 2.75) is 32.6 Å².